The minimum Gasteiger partial charge on any atom is -0.495 e. The van der Waals surface area contributed by atoms with E-state index in [1.54, 1.807) is 7.11 Å². The molecular formula is C20H21N5O3S3. The van der Waals surface area contributed by atoms with Crippen molar-refractivity contribution in [3.8, 4) is 5.75 Å². The SMILES string of the molecule is COc1ccccc1Nc1nnc(SCC(=O)Nc2sc3c(c2C(N)=O)CCCC3)s1. The fourth-order valence-corrected chi connectivity index (χ4v) is 6.26. The fraction of sp³-hybridized carbons (Fsp3) is 0.300. The minimum atomic E-state index is -0.487. The number of anilines is 3. The summed E-state index contributed by atoms with van der Waals surface area (Å²) in [6.45, 7) is 0. The van der Waals surface area contributed by atoms with E-state index in [-0.39, 0.29) is 11.7 Å². The van der Waals surface area contributed by atoms with Crippen LogP contribution in [0.3, 0.4) is 0 Å². The van der Waals surface area contributed by atoms with Gasteiger partial charge in [-0.2, -0.15) is 0 Å². The van der Waals surface area contributed by atoms with Gasteiger partial charge in [0.2, 0.25) is 11.0 Å². The Bertz CT molecular complexity index is 1110. The summed E-state index contributed by atoms with van der Waals surface area (Å²) in [5, 5.41) is 15.4. The number of benzene rings is 1. The van der Waals surface area contributed by atoms with Gasteiger partial charge >= 0.3 is 0 Å². The van der Waals surface area contributed by atoms with Gasteiger partial charge in [0, 0.05) is 4.88 Å². The molecule has 2 amide bonds. The first kappa shape index (κ1) is 21.6. The number of methoxy groups -OCH3 is 1. The van der Waals surface area contributed by atoms with Crippen LogP contribution in [0.25, 0.3) is 0 Å². The van der Waals surface area contributed by atoms with E-state index < -0.39 is 5.91 Å². The predicted molar refractivity (Wildman–Crippen MR) is 125 cm³/mol. The Morgan fingerprint density at radius 3 is 2.81 bits per heavy atom. The number of aromatic nitrogens is 2. The fourth-order valence-electron chi connectivity index (χ4n) is 3.39. The quantitative estimate of drug-likeness (QED) is 0.420. The number of hydrogen-bond acceptors (Lipinski definition) is 9. The number of para-hydroxylation sites is 2. The number of aryl methyl sites for hydroxylation is 1. The Labute approximate surface area is 191 Å². The van der Waals surface area contributed by atoms with E-state index in [2.05, 4.69) is 20.8 Å². The second-order valence-corrected chi connectivity index (χ2v) is 10.1. The van der Waals surface area contributed by atoms with Gasteiger partial charge in [0.15, 0.2) is 4.34 Å². The standard InChI is InChI=1S/C20H21N5O3S3/c1-28-13-8-4-3-7-12(13)22-19-24-25-20(31-19)29-10-15(26)23-18-16(17(21)27)11-6-2-5-9-14(11)30-18/h3-4,7-8H,2,5-6,9-10H2,1H3,(H2,21,27)(H,22,24)(H,23,26). The third kappa shape index (κ3) is 5.00. The van der Waals surface area contributed by atoms with Crippen LogP contribution in [0.2, 0.25) is 0 Å². The van der Waals surface area contributed by atoms with Crippen LogP contribution in [0.1, 0.15) is 33.6 Å². The number of nitrogens with one attached hydrogen (secondary N) is 2. The highest BCUT2D eigenvalue weighted by atomic mass is 32.2. The Morgan fingerprint density at radius 1 is 1.19 bits per heavy atom. The number of nitrogens with two attached hydrogens (primary N) is 1. The van der Waals surface area contributed by atoms with Crippen molar-refractivity contribution in [3.63, 3.8) is 0 Å². The van der Waals surface area contributed by atoms with Crippen LogP contribution < -0.4 is 21.1 Å². The molecule has 1 aliphatic carbocycles. The highest BCUT2D eigenvalue weighted by Crippen LogP contribution is 2.38. The summed E-state index contributed by atoms with van der Waals surface area (Å²) in [5.41, 5.74) is 7.85. The number of rotatable bonds is 8. The molecular weight excluding hydrogens is 454 g/mol. The maximum atomic E-state index is 12.5. The number of thiophene rings is 1. The molecule has 0 radical (unpaired) electrons. The Balaban J connectivity index is 1.37. The van der Waals surface area contributed by atoms with E-state index in [0.717, 1.165) is 41.8 Å². The normalized spacial score (nSPS) is 12.8. The second kappa shape index (κ2) is 9.67. The molecule has 0 bridgehead atoms. The van der Waals surface area contributed by atoms with Gasteiger partial charge in [-0.25, -0.2) is 0 Å². The average molecular weight is 476 g/mol. The monoisotopic (exact) mass is 475 g/mol. The maximum Gasteiger partial charge on any atom is 0.251 e. The van der Waals surface area contributed by atoms with Crippen molar-refractivity contribution in [1.29, 1.82) is 0 Å². The predicted octanol–water partition coefficient (Wildman–Crippen LogP) is 4.06. The molecule has 162 valence electrons. The van der Waals surface area contributed by atoms with Crippen molar-refractivity contribution in [1.82, 2.24) is 10.2 Å². The summed E-state index contributed by atoms with van der Waals surface area (Å²) in [7, 11) is 1.61. The number of amides is 2. The van der Waals surface area contributed by atoms with Crippen molar-refractivity contribution in [3.05, 3.63) is 40.3 Å². The van der Waals surface area contributed by atoms with Crippen LogP contribution in [0.4, 0.5) is 15.8 Å². The Morgan fingerprint density at radius 2 is 2.00 bits per heavy atom. The van der Waals surface area contributed by atoms with Crippen molar-refractivity contribution >= 4 is 62.1 Å². The largest absolute Gasteiger partial charge is 0.495 e. The van der Waals surface area contributed by atoms with Crippen LogP contribution in [0.15, 0.2) is 28.6 Å². The summed E-state index contributed by atoms with van der Waals surface area (Å²) in [5.74, 6) is 0.165. The van der Waals surface area contributed by atoms with Gasteiger partial charge in [-0.05, 0) is 43.4 Å². The zero-order valence-electron chi connectivity index (χ0n) is 16.8. The molecule has 0 aliphatic heterocycles. The molecule has 31 heavy (non-hydrogen) atoms. The van der Waals surface area contributed by atoms with E-state index in [1.165, 1.54) is 34.4 Å². The van der Waals surface area contributed by atoms with Gasteiger partial charge in [-0.3, -0.25) is 9.59 Å². The third-order valence-corrected chi connectivity index (χ3v) is 7.93. The second-order valence-electron chi connectivity index (χ2n) is 6.81. The Hall–Kier alpha value is -2.63. The molecule has 0 saturated carbocycles. The van der Waals surface area contributed by atoms with E-state index in [0.29, 0.717) is 25.8 Å². The molecule has 1 aromatic carbocycles. The number of hydrogen-bond donors (Lipinski definition) is 3. The summed E-state index contributed by atoms with van der Waals surface area (Å²) in [6.07, 6.45) is 3.89. The van der Waals surface area contributed by atoms with Gasteiger partial charge in [-0.1, -0.05) is 35.2 Å². The van der Waals surface area contributed by atoms with Gasteiger partial charge in [-0.15, -0.1) is 21.5 Å². The van der Waals surface area contributed by atoms with Crippen molar-refractivity contribution in [2.45, 2.75) is 30.0 Å². The van der Waals surface area contributed by atoms with Crippen LogP contribution in [0, 0.1) is 0 Å². The lowest BCUT2D eigenvalue weighted by Crippen LogP contribution is -2.19. The first-order valence-electron chi connectivity index (χ1n) is 9.65. The number of carbonyl (C=O) groups excluding carboxylic acids is 2. The van der Waals surface area contributed by atoms with Crippen LogP contribution >= 0.6 is 34.4 Å². The molecule has 11 heteroatoms. The molecule has 3 aromatic rings. The molecule has 4 N–H and O–H groups in total. The molecule has 0 spiro atoms. The van der Waals surface area contributed by atoms with Crippen LogP contribution in [-0.2, 0) is 17.6 Å². The zero-order valence-corrected chi connectivity index (χ0v) is 19.2. The molecule has 0 fully saturated rings. The highest BCUT2D eigenvalue weighted by Gasteiger charge is 2.25. The minimum absolute atomic E-state index is 0.157. The molecule has 2 aromatic heterocycles. The molecule has 0 atom stereocenters. The van der Waals surface area contributed by atoms with E-state index >= 15 is 0 Å². The molecule has 1 aliphatic rings. The molecule has 2 heterocycles. The number of fused-ring (bicyclic) bond motifs is 1. The number of thioether (sulfide) groups is 1. The van der Waals surface area contributed by atoms with Crippen LogP contribution in [0.5, 0.6) is 5.75 Å². The lowest BCUT2D eigenvalue weighted by atomic mass is 9.95. The first-order valence-corrected chi connectivity index (χ1v) is 12.3. The van der Waals surface area contributed by atoms with E-state index in [9.17, 15) is 9.59 Å². The number of nitrogens with zero attached hydrogens (tertiary/aromatic N) is 2. The van der Waals surface area contributed by atoms with Gasteiger partial charge in [0.05, 0.1) is 24.1 Å². The van der Waals surface area contributed by atoms with Gasteiger partial charge < -0.3 is 21.1 Å². The lowest BCUT2D eigenvalue weighted by molar-refractivity contribution is -0.113. The smallest absolute Gasteiger partial charge is 0.251 e. The summed E-state index contributed by atoms with van der Waals surface area (Å²) >= 11 is 4.10. The summed E-state index contributed by atoms with van der Waals surface area (Å²) in [4.78, 5) is 25.6. The maximum absolute atomic E-state index is 12.5. The van der Waals surface area contributed by atoms with Crippen molar-refractivity contribution in [2.75, 3.05) is 23.5 Å². The summed E-state index contributed by atoms with van der Waals surface area (Å²) < 4.78 is 5.98. The highest BCUT2D eigenvalue weighted by molar-refractivity contribution is 8.01. The molecule has 0 unspecified atom stereocenters. The topological polar surface area (TPSA) is 119 Å². The van der Waals surface area contributed by atoms with Gasteiger partial charge in [0.25, 0.3) is 5.91 Å². The number of ether oxygens (including phenoxy) is 1. The Kier molecular flexibility index (Phi) is 6.73. The summed E-state index contributed by atoms with van der Waals surface area (Å²) in [6, 6.07) is 7.52. The van der Waals surface area contributed by atoms with E-state index in [4.69, 9.17) is 10.5 Å². The molecule has 0 saturated heterocycles. The first-order chi connectivity index (χ1) is 15.0. The average Bonchev–Trinajstić information content (AvgIpc) is 3.36. The van der Waals surface area contributed by atoms with Crippen molar-refractivity contribution < 1.29 is 14.3 Å². The zero-order chi connectivity index (χ0) is 21.8. The third-order valence-electron chi connectivity index (χ3n) is 4.75. The van der Waals surface area contributed by atoms with E-state index in [1.807, 2.05) is 24.3 Å². The van der Waals surface area contributed by atoms with Crippen molar-refractivity contribution in [2.24, 2.45) is 5.73 Å². The molecule has 8 nitrogen and oxygen atoms in total. The van der Waals surface area contributed by atoms with Gasteiger partial charge in [0.1, 0.15) is 10.8 Å². The number of primary amides is 1. The molecule has 4 rings (SSSR count). The van der Waals surface area contributed by atoms with Crippen LogP contribution in [-0.4, -0.2) is 34.9 Å². The lowest BCUT2D eigenvalue weighted by Gasteiger charge is -2.11. The number of carbonyl (C=O) groups is 2.